The van der Waals surface area contributed by atoms with E-state index in [0.29, 0.717) is 13.1 Å². The summed E-state index contributed by atoms with van der Waals surface area (Å²) in [5, 5.41) is 3.70. The van der Waals surface area contributed by atoms with E-state index in [2.05, 4.69) is 16.0 Å². The number of hydrogen-bond acceptors (Lipinski definition) is 5. The molecule has 2 aromatic heterocycles. The fourth-order valence-corrected chi connectivity index (χ4v) is 5.10. The topological polar surface area (TPSA) is 36.4 Å². The Morgan fingerprint density at radius 1 is 1.15 bits per heavy atom. The second-order valence-corrected chi connectivity index (χ2v) is 8.55. The highest BCUT2D eigenvalue weighted by Crippen LogP contribution is 2.32. The normalized spacial score (nSPS) is 14.7. The van der Waals surface area contributed by atoms with Gasteiger partial charge in [-0.2, -0.15) is 0 Å². The lowest BCUT2D eigenvalue weighted by Crippen LogP contribution is -2.48. The highest BCUT2D eigenvalue weighted by atomic mass is 35.5. The first-order chi connectivity index (χ1) is 12.6. The number of aromatic nitrogens is 1. The lowest BCUT2D eigenvalue weighted by molar-refractivity contribution is 0.0750. The van der Waals surface area contributed by atoms with E-state index < -0.39 is 0 Å². The van der Waals surface area contributed by atoms with Crippen LogP contribution in [0.25, 0.3) is 9.88 Å². The van der Waals surface area contributed by atoms with Crippen LogP contribution in [0, 0.1) is 6.92 Å². The molecule has 1 fully saturated rings. The van der Waals surface area contributed by atoms with Crippen molar-refractivity contribution in [2.24, 2.45) is 0 Å². The van der Waals surface area contributed by atoms with Crippen LogP contribution in [0.1, 0.15) is 15.4 Å². The maximum atomic E-state index is 13.0. The smallest absolute Gasteiger partial charge is 0.265 e. The summed E-state index contributed by atoms with van der Waals surface area (Å²) in [6, 6.07) is 11.9. The molecule has 1 aliphatic rings. The first kappa shape index (κ1) is 17.5. The van der Waals surface area contributed by atoms with Gasteiger partial charge in [-0.25, -0.2) is 4.98 Å². The fraction of sp³-hybridized carbons (Fsp3) is 0.263. The monoisotopic (exact) mass is 403 g/mol. The highest BCUT2D eigenvalue weighted by molar-refractivity contribution is 7.22. The number of halogens is 1. The molecule has 1 aliphatic heterocycles. The molecule has 0 atom stereocenters. The van der Waals surface area contributed by atoms with E-state index in [1.54, 1.807) is 11.3 Å². The first-order valence-corrected chi connectivity index (χ1v) is 10.5. The molecule has 7 heteroatoms. The van der Waals surface area contributed by atoms with Crippen molar-refractivity contribution >= 4 is 45.9 Å². The number of amides is 1. The van der Waals surface area contributed by atoms with E-state index in [1.165, 1.54) is 11.3 Å². The van der Waals surface area contributed by atoms with Gasteiger partial charge < -0.3 is 9.80 Å². The molecular weight excluding hydrogens is 386 g/mol. The van der Waals surface area contributed by atoms with Crippen molar-refractivity contribution in [1.82, 2.24) is 9.88 Å². The summed E-state index contributed by atoms with van der Waals surface area (Å²) in [5.41, 5.74) is 1.93. The summed E-state index contributed by atoms with van der Waals surface area (Å²) in [6.07, 6.45) is 0. The molecule has 3 aromatic rings. The minimum atomic E-state index is 0.0913. The first-order valence-electron chi connectivity index (χ1n) is 8.43. The van der Waals surface area contributed by atoms with E-state index >= 15 is 0 Å². The summed E-state index contributed by atoms with van der Waals surface area (Å²) in [5.74, 6) is 0.0913. The van der Waals surface area contributed by atoms with Gasteiger partial charge in [-0.1, -0.05) is 23.7 Å². The van der Waals surface area contributed by atoms with Gasteiger partial charge >= 0.3 is 0 Å². The highest BCUT2D eigenvalue weighted by Gasteiger charge is 2.26. The van der Waals surface area contributed by atoms with Gasteiger partial charge in [0.25, 0.3) is 5.91 Å². The van der Waals surface area contributed by atoms with E-state index in [0.717, 1.165) is 44.3 Å². The van der Waals surface area contributed by atoms with Crippen LogP contribution in [-0.2, 0) is 0 Å². The molecule has 0 radical (unpaired) electrons. The third kappa shape index (κ3) is 3.49. The number of carbonyl (C=O) groups is 1. The molecule has 1 amide bonds. The molecule has 1 aromatic carbocycles. The lowest BCUT2D eigenvalue weighted by atomic mass is 10.2. The van der Waals surface area contributed by atoms with Gasteiger partial charge in [-0.3, -0.25) is 4.79 Å². The molecule has 26 heavy (non-hydrogen) atoms. The van der Waals surface area contributed by atoms with Gasteiger partial charge in [0.1, 0.15) is 9.88 Å². The van der Waals surface area contributed by atoms with E-state index in [9.17, 15) is 4.79 Å². The number of rotatable bonds is 3. The Kier molecular flexibility index (Phi) is 4.98. The van der Waals surface area contributed by atoms with Gasteiger partial charge in [0.05, 0.1) is 10.6 Å². The van der Waals surface area contributed by atoms with E-state index in [4.69, 9.17) is 11.6 Å². The number of aryl methyl sites for hydroxylation is 1. The second-order valence-electron chi connectivity index (χ2n) is 6.17. The molecule has 1 saturated heterocycles. The van der Waals surface area contributed by atoms with Crippen LogP contribution in [0.3, 0.4) is 0 Å². The van der Waals surface area contributed by atoms with Crippen molar-refractivity contribution in [3.8, 4) is 9.88 Å². The van der Waals surface area contributed by atoms with Crippen LogP contribution in [0.2, 0.25) is 5.02 Å². The molecule has 0 aliphatic carbocycles. The largest absolute Gasteiger partial charge is 0.368 e. The average Bonchev–Trinajstić information content (AvgIpc) is 3.31. The average molecular weight is 404 g/mol. The summed E-state index contributed by atoms with van der Waals surface area (Å²) in [6.45, 7) is 4.94. The lowest BCUT2D eigenvalue weighted by Gasteiger charge is -2.36. The minimum absolute atomic E-state index is 0.0913. The number of piperazine rings is 1. The molecule has 0 unspecified atom stereocenters. The standard InChI is InChI=1S/C19H18ClN3OS2/c1-13-17(26-18(21-13)16-6-3-11-25-16)19(24)23-9-7-22(8-10-23)15-5-2-4-14(20)12-15/h2-6,11-12H,7-10H2,1H3. The molecule has 3 heterocycles. The van der Waals surface area contributed by atoms with Crippen LogP contribution >= 0.6 is 34.3 Å². The van der Waals surface area contributed by atoms with Crippen LogP contribution in [0.4, 0.5) is 5.69 Å². The van der Waals surface area contributed by atoms with Gasteiger partial charge in [0, 0.05) is 36.9 Å². The SMILES string of the molecule is Cc1nc(-c2cccs2)sc1C(=O)N1CCN(c2cccc(Cl)c2)CC1. The quantitative estimate of drug-likeness (QED) is 0.630. The van der Waals surface area contributed by atoms with Crippen LogP contribution in [0.5, 0.6) is 0 Å². The van der Waals surface area contributed by atoms with Gasteiger partial charge in [-0.15, -0.1) is 22.7 Å². The second kappa shape index (κ2) is 7.39. The van der Waals surface area contributed by atoms with Crippen LogP contribution in [-0.4, -0.2) is 42.0 Å². The zero-order valence-electron chi connectivity index (χ0n) is 14.3. The van der Waals surface area contributed by atoms with Gasteiger partial charge in [0.2, 0.25) is 0 Å². The van der Waals surface area contributed by atoms with E-state index in [1.807, 2.05) is 47.5 Å². The number of nitrogens with zero attached hydrogens (tertiary/aromatic N) is 3. The van der Waals surface area contributed by atoms with Crippen molar-refractivity contribution in [2.45, 2.75) is 6.92 Å². The summed E-state index contributed by atoms with van der Waals surface area (Å²) in [4.78, 5) is 23.6. The molecule has 0 spiro atoms. The third-order valence-corrected chi connectivity index (χ3v) is 6.88. The van der Waals surface area contributed by atoms with Gasteiger partial charge in [-0.05, 0) is 36.6 Å². The van der Waals surface area contributed by atoms with Crippen molar-refractivity contribution in [3.63, 3.8) is 0 Å². The number of carbonyl (C=O) groups excluding carboxylic acids is 1. The molecule has 0 bridgehead atoms. The summed E-state index contributed by atoms with van der Waals surface area (Å²) in [7, 11) is 0. The molecule has 0 N–H and O–H groups in total. The Morgan fingerprint density at radius 3 is 2.65 bits per heavy atom. The molecule has 4 nitrogen and oxygen atoms in total. The Hall–Kier alpha value is -1.89. The van der Waals surface area contributed by atoms with Gasteiger partial charge in [0.15, 0.2) is 0 Å². The Labute approximate surface area is 165 Å². The predicted molar refractivity (Wildman–Crippen MR) is 110 cm³/mol. The molecular formula is C19H18ClN3OS2. The number of thiazole rings is 1. The molecule has 0 saturated carbocycles. The van der Waals surface area contributed by atoms with Crippen molar-refractivity contribution < 1.29 is 4.79 Å². The zero-order valence-corrected chi connectivity index (χ0v) is 16.7. The predicted octanol–water partition coefficient (Wildman–Crippen LogP) is 4.80. The van der Waals surface area contributed by atoms with Crippen molar-refractivity contribution in [1.29, 1.82) is 0 Å². The maximum absolute atomic E-state index is 13.0. The Morgan fingerprint density at radius 2 is 1.96 bits per heavy atom. The van der Waals surface area contributed by atoms with Crippen molar-refractivity contribution in [3.05, 3.63) is 57.4 Å². The number of thiophene rings is 1. The number of hydrogen-bond donors (Lipinski definition) is 0. The summed E-state index contributed by atoms with van der Waals surface area (Å²) < 4.78 is 0. The molecule has 134 valence electrons. The maximum Gasteiger partial charge on any atom is 0.265 e. The van der Waals surface area contributed by atoms with Crippen molar-refractivity contribution in [2.75, 3.05) is 31.1 Å². The third-order valence-electron chi connectivity index (χ3n) is 4.46. The Bertz CT molecular complexity index is 915. The Balaban J connectivity index is 1.45. The van der Waals surface area contributed by atoms with Crippen LogP contribution in [0.15, 0.2) is 41.8 Å². The molecule has 4 rings (SSSR count). The fourth-order valence-electron chi connectivity index (χ4n) is 3.08. The number of anilines is 1. The van der Waals surface area contributed by atoms with Crippen LogP contribution < -0.4 is 4.90 Å². The number of benzene rings is 1. The van der Waals surface area contributed by atoms with E-state index in [-0.39, 0.29) is 5.91 Å². The summed E-state index contributed by atoms with van der Waals surface area (Å²) >= 11 is 9.23. The minimum Gasteiger partial charge on any atom is -0.368 e. The zero-order chi connectivity index (χ0) is 18.1.